The minimum atomic E-state index is 0.448. The molecule has 0 fully saturated rings. The zero-order valence-electron chi connectivity index (χ0n) is 27.2. The van der Waals surface area contributed by atoms with Crippen LogP contribution in [0.25, 0.3) is 89.6 Å². The SMILES string of the molecule is N#Cc1cccc(-c2ccc(-c3nc(-c4ccccc4)nc(-c4cc5oc6cccc(-c7ccc(-c8ccccc8)cc7)c6c5cn4)n3)cc2)c1. The minimum Gasteiger partial charge on any atom is -0.456 e. The second kappa shape index (κ2) is 12.7. The van der Waals surface area contributed by atoms with E-state index in [2.05, 4.69) is 60.7 Å². The Kier molecular flexibility index (Phi) is 7.42. The van der Waals surface area contributed by atoms with Crippen LogP contribution in [0, 0.1) is 11.3 Å². The summed E-state index contributed by atoms with van der Waals surface area (Å²) in [5.74, 6) is 1.53. The largest absolute Gasteiger partial charge is 0.456 e. The molecule has 0 aliphatic carbocycles. The molecular weight excluding hydrogens is 627 g/mol. The Morgan fingerprint density at radius 1 is 0.451 bits per heavy atom. The van der Waals surface area contributed by atoms with E-state index in [1.807, 2.05) is 103 Å². The number of pyridine rings is 1. The first-order valence-electron chi connectivity index (χ1n) is 16.6. The van der Waals surface area contributed by atoms with Crippen LogP contribution < -0.4 is 0 Å². The second-order valence-electron chi connectivity index (χ2n) is 12.2. The Labute approximate surface area is 294 Å². The normalized spacial score (nSPS) is 11.1. The number of fused-ring (bicyclic) bond motifs is 3. The van der Waals surface area contributed by atoms with E-state index in [1.165, 1.54) is 11.1 Å². The van der Waals surface area contributed by atoms with Gasteiger partial charge in [0.25, 0.3) is 0 Å². The van der Waals surface area contributed by atoms with Crippen LogP contribution in [0.3, 0.4) is 0 Å². The first-order valence-corrected chi connectivity index (χ1v) is 16.6. The van der Waals surface area contributed by atoms with E-state index in [1.54, 1.807) is 6.07 Å². The number of hydrogen-bond acceptors (Lipinski definition) is 6. The molecule has 6 aromatic carbocycles. The van der Waals surface area contributed by atoms with Crippen LogP contribution in [0.4, 0.5) is 0 Å². The first kappa shape index (κ1) is 29.9. The van der Waals surface area contributed by atoms with E-state index in [0.717, 1.165) is 49.7 Å². The van der Waals surface area contributed by atoms with Crippen molar-refractivity contribution in [1.82, 2.24) is 19.9 Å². The summed E-state index contributed by atoms with van der Waals surface area (Å²) < 4.78 is 6.44. The van der Waals surface area contributed by atoms with Crippen molar-refractivity contribution >= 4 is 21.9 Å². The van der Waals surface area contributed by atoms with Crippen molar-refractivity contribution in [2.75, 3.05) is 0 Å². The van der Waals surface area contributed by atoms with E-state index >= 15 is 0 Å². The lowest BCUT2D eigenvalue weighted by atomic mass is 9.97. The zero-order chi connectivity index (χ0) is 34.1. The van der Waals surface area contributed by atoms with Crippen molar-refractivity contribution < 1.29 is 4.42 Å². The van der Waals surface area contributed by atoms with Gasteiger partial charge in [-0.25, -0.2) is 15.0 Å². The number of rotatable bonds is 6. The molecule has 6 nitrogen and oxygen atoms in total. The fourth-order valence-electron chi connectivity index (χ4n) is 6.47. The second-order valence-corrected chi connectivity index (χ2v) is 12.2. The standard InChI is InChI=1S/C45H27N5O/c46-27-29-9-7-14-36(25-29)32-19-23-35(24-20-32)44-48-43(34-12-5-2-6-13-34)49-45(50-44)39-26-41-38(28-47-39)42-37(15-8-16-40(42)51-41)33-21-17-31(18-22-33)30-10-3-1-4-11-30/h1-26,28H. The molecule has 238 valence electrons. The highest BCUT2D eigenvalue weighted by Crippen LogP contribution is 2.38. The Hall–Kier alpha value is -7.23. The average molecular weight is 654 g/mol. The summed E-state index contributed by atoms with van der Waals surface area (Å²) in [5, 5.41) is 11.3. The lowest BCUT2D eigenvalue weighted by Gasteiger charge is -2.09. The van der Waals surface area contributed by atoms with Gasteiger partial charge in [-0.05, 0) is 51.6 Å². The van der Waals surface area contributed by atoms with Gasteiger partial charge in [0.1, 0.15) is 16.9 Å². The Bertz CT molecular complexity index is 2730. The molecule has 0 spiro atoms. The van der Waals surface area contributed by atoms with Gasteiger partial charge >= 0.3 is 0 Å². The highest BCUT2D eigenvalue weighted by molar-refractivity contribution is 6.12. The van der Waals surface area contributed by atoms with Crippen LogP contribution in [0.2, 0.25) is 0 Å². The van der Waals surface area contributed by atoms with E-state index in [4.69, 9.17) is 24.4 Å². The lowest BCUT2D eigenvalue weighted by molar-refractivity contribution is 0.668. The fraction of sp³-hybridized carbons (Fsp3) is 0. The van der Waals surface area contributed by atoms with Crippen LogP contribution in [-0.2, 0) is 0 Å². The Morgan fingerprint density at radius 2 is 1.00 bits per heavy atom. The van der Waals surface area contributed by atoms with Crippen molar-refractivity contribution in [3.63, 3.8) is 0 Å². The van der Waals surface area contributed by atoms with Gasteiger partial charge in [0.05, 0.1) is 11.6 Å². The van der Waals surface area contributed by atoms with Crippen molar-refractivity contribution in [1.29, 1.82) is 5.26 Å². The molecule has 3 aromatic heterocycles. The summed E-state index contributed by atoms with van der Waals surface area (Å²) in [7, 11) is 0. The van der Waals surface area contributed by atoms with Gasteiger partial charge in [-0.1, -0.05) is 133 Å². The van der Waals surface area contributed by atoms with Gasteiger partial charge in [0.15, 0.2) is 17.5 Å². The summed E-state index contributed by atoms with van der Waals surface area (Å²) in [6.45, 7) is 0. The molecule has 3 heterocycles. The topological polar surface area (TPSA) is 88.5 Å². The molecule has 51 heavy (non-hydrogen) atoms. The van der Waals surface area contributed by atoms with Crippen LogP contribution in [0.15, 0.2) is 168 Å². The summed E-state index contributed by atoms with van der Waals surface area (Å²) in [6.07, 6.45) is 1.86. The van der Waals surface area contributed by atoms with Crippen LogP contribution >= 0.6 is 0 Å². The summed E-state index contributed by atoms with van der Waals surface area (Å²) >= 11 is 0. The monoisotopic (exact) mass is 653 g/mol. The van der Waals surface area contributed by atoms with Crippen molar-refractivity contribution in [2.24, 2.45) is 0 Å². The molecule has 0 aliphatic heterocycles. The highest BCUT2D eigenvalue weighted by Gasteiger charge is 2.18. The number of furan rings is 1. The van der Waals surface area contributed by atoms with E-state index in [0.29, 0.717) is 34.3 Å². The Balaban J connectivity index is 1.12. The highest BCUT2D eigenvalue weighted by atomic mass is 16.3. The molecule has 9 rings (SSSR count). The van der Waals surface area contributed by atoms with E-state index < -0.39 is 0 Å². The molecule has 6 heteroatoms. The van der Waals surface area contributed by atoms with Crippen molar-refractivity contribution in [3.8, 4) is 73.7 Å². The number of nitrogens with zero attached hydrogens (tertiary/aromatic N) is 5. The molecule has 0 saturated heterocycles. The predicted octanol–water partition coefficient (Wildman–Crippen LogP) is 11.0. The molecule has 0 aliphatic rings. The van der Waals surface area contributed by atoms with Crippen LogP contribution in [0.5, 0.6) is 0 Å². The van der Waals surface area contributed by atoms with Gasteiger partial charge in [0.2, 0.25) is 0 Å². The number of aromatic nitrogens is 4. The molecule has 9 aromatic rings. The van der Waals surface area contributed by atoms with Gasteiger partial charge in [0, 0.05) is 34.2 Å². The molecule has 0 atom stereocenters. The average Bonchev–Trinajstić information content (AvgIpc) is 3.60. The summed E-state index contributed by atoms with van der Waals surface area (Å²) in [4.78, 5) is 19.6. The molecular formula is C45H27N5O. The maximum absolute atomic E-state index is 9.35. The van der Waals surface area contributed by atoms with Gasteiger partial charge in [-0.3, -0.25) is 4.98 Å². The predicted molar refractivity (Wildman–Crippen MR) is 202 cm³/mol. The third-order valence-electron chi connectivity index (χ3n) is 9.05. The molecule has 0 radical (unpaired) electrons. The molecule has 0 bridgehead atoms. The van der Waals surface area contributed by atoms with Gasteiger partial charge in [-0.15, -0.1) is 0 Å². The molecule has 0 unspecified atom stereocenters. The molecule has 0 amide bonds. The Morgan fingerprint density at radius 3 is 1.71 bits per heavy atom. The lowest BCUT2D eigenvalue weighted by Crippen LogP contribution is -2.01. The summed E-state index contributed by atoms with van der Waals surface area (Å²) in [5.41, 5.74) is 10.9. The smallest absolute Gasteiger partial charge is 0.182 e. The third-order valence-corrected chi connectivity index (χ3v) is 9.05. The number of hydrogen-bond donors (Lipinski definition) is 0. The maximum Gasteiger partial charge on any atom is 0.182 e. The fourth-order valence-corrected chi connectivity index (χ4v) is 6.47. The third kappa shape index (κ3) is 5.69. The molecule has 0 N–H and O–H groups in total. The zero-order valence-corrected chi connectivity index (χ0v) is 27.2. The van der Waals surface area contributed by atoms with Crippen molar-refractivity contribution in [2.45, 2.75) is 0 Å². The van der Waals surface area contributed by atoms with E-state index in [9.17, 15) is 5.26 Å². The maximum atomic E-state index is 9.35. The van der Waals surface area contributed by atoms with Crippen LogP contribution in [-0.4, -0.2) is 19.9 Å². The van der Waals surface area contributed by atoms with Gasteiger partial charge < -0.3 is 4.42 Å². The number of nitriles is 1. The van der Waals surface area contributed by atoms with E-state index in [-0.39, 0.29) is 0 Å². The minimum absolute atomic E-state index is 0.448. The number of benzene rings is 6. The van der Waals surface area contributed by atoms with Crippen LogP contribution in [0.1, 0.15) is 5.56 Å². The quantitative estimate of drug-likeness (QED) is 0.177. The van der Waals surface area contributed by atoms with Gasteiger partial charge in [-0.2, -0.15) is 5.26 Å². The van der Waals surface area contributed by atoms with Crippen molar-refractivity contribution in [3.05, 3.63) is 169 Å². The summed E-state index contributed by atoms with van der Waals surface area (Å²) in [6, 6.07) is 54.7. The first-order chi connectivity index (χ1) is 25.2. The molecule has 0 saturated carbocycles.